The van der Waals surface area contributed by atoms with Crippen LogP contribution in [0.3, 0.4) is 0 Å². The fraction of sp³-hybridized carbons (Fsp3) is 0.389. The first-order valence-corrected chi connectivity index (χ1v) is 8.60. The number of carbonyl (C=O) groups excluding carboxylic acids is 1. The lowest BCUT2D eigenvalue weighted by Crippen LogP contribution is -2.26. The van der Waals surface area contributed by atoms with Crippen molar-refractivity contribution in [2.24, 2.45) is 0 Å². The van der Waals surface area contributed by atoms with E-state index in [2.05, 4.69) is 40.5 Å². The number of nitrogens with one attached hydrogen (secondary N) is 1. The summed E-state index contributed by atoms with van der Waals surface area (Å²) in [6.07, 6.45) is 3.09. The third kappa shape index (κ3) is 3.23. The van der Waals surface area contributed by atoms with Crippen molar-refractivity contribution < 1.29 is 4.79 Å². The first-order chi connectivity index (χ1) is 10.6. The summed E-state index contributed by atoms with van der Waals surface area (Å²) in [7, 11) is 4.10. The quantitative estimate of drug-likeness (QED) is 0.860. The number of hydrogen-bond donors (Lipinski definition) is 1. The number of fused-ring (bicyclic) bond motifs is 3. The van der Waals surface area contributed by atoms with Crippen molar-refractivity contribution in [3.8, 4) is 10.4 Å². The zero-order chi connectivity index (χ0) is 15.5. The molecule has 1 aliphatic carbocycles. The summed E-state index contributed by atoms with van der Waals surface area (Å²) in [4.78, 5) is 16.6. The van der Waals surface area contributed by atoms with E-state index in [1.807, 2.05) is 14.1 Å². The van der Waals surface area contributed by atoms with Crippen molar-refractivity contribution in [2.45, 2.75) is 19.3 Å². The second kappa shape index (κ2) is 6.63. The van der Waals surface area contributed by atoms with Gasteiger partial charge in [0.05, 0.1) is 4.88 Å². The van der Waals surface area contributed by atoms with Crippen LogP contribution in [0.25, 0.3) is 10.4 Å². The fourth-order valence-corrected chi connectivity index (χ4v) is 4.05. The molecule has 0 unspecified atom stereocenters. The Kier molecular flexibility index (Phi) is 4.60. The third-order valence-corrected chi connectivity index (χ3v) is 5.24. The van der Waals surface area contributed by atoms with Gasteiger partial charge in [-0.1, -0.05) is 24.3 Å². The van der Waals surface area contributed by atoms with E-state index in [1.165, 1.54) is 21.6 Å². The number of rotatable bonds is 5. The summed E-state index contributed by atoms with van der Waals surface area (Å²) in [6, 6.07) is 10.6. The highest BCUT2D eigenvalue weighted by Crippen LogP contribution is 2.39. The number of hydrogen-bond acceptors (Lipinski definition) is 3. The van der Waals surface area contributed by atoms with Gasteiger partial charge in [-0.2, -0.15) is 0 Å². The summed E-state index contributed by atoms with van der Waals surface area (Å²) in [5.41, 5.74) is 4.03. The van der Waals surface area contributed by atoms with Gasteiger partial charge in [-0.15, -0.1) is 11.3 Å². The molecule has 1 amide bonds. The highest BCUT2D eigenvalue weighted by atomic mass is 32.1. The van der Waals surface area contributed by atoms with Gasteiger partial charge in [0, 0.05) is 11.4 Å². The van der Waals surface area contributed by atoms with E-state index < -0.39 is 0 Å². The highest BCUT2D eigenvalue weighted by molar-refractivity contribution is 7.17. The van der Waals surface area contributed by atoms with Crippen LogP contribution in [0, 0.1) is 0 Å². The molecule has 116 valence electrons. The summed E-state index contributed by atoms with van der Waals surface area (Å²) < 4.78 is 0. The molecule has 0 aliphatic heterocycles. The van der Waals surface area contributed by atoms with E-state index in [4.69, 9.17) is 0 Å². The van der Waals surface area contributed by atoms with Crippen LogP contribution in [0.5, 0.6) is 0 Å². The minimum absolute atomic E-state index is 0.0654. The normalized spacial score (nSPS) is 12.9. The van der Waals surface area contributed by atoms with Crippen LogP contribution in [0.2, 0.25) is 0 Å². The first kappa shape index (κ1) is 15.3. The van der Waals surface area contributed by atoms with Gasteiger partial charge >= 0.3 is 0 Å². The number of carbonyl (C=O) groups is 1. The van der Waals surface area contributed by atoms with Crippen molar-refractivity contribution in [3.05, 3.63) is 46.3 Å². The molecular weight excluding hydrogens is 292 g/mol. The Morgan fingerprint density at radius 3 is 2.82 bits per heavy atom. The standard InChI is InChI=1S/C18H22N2OS/c1-20(2)11-5-10-19-18(21)16-12-14-9-8-13-6-3-4-7-15(13)17(14)22-16/h3-4,6-7,12H,5,8-11H2,1-2H3,(H,19,21). The van der Waals surface area contributed by atoms with Crippen LogP contribution in [-0.4, -0.2) is 38.0 Å². The molecule has 0 saturated carbocycles. The van der Waals surface area contributed by atoms with Crippen molar-refractivity contribution >= 4 is 17.2 Å². The van der Waals surface area contributed by atoms with Gasteiger partial charge in [-0.3, -0.25) is 4.79 Å². The van der Waals surface area contributed by atoms with E-state index in [-0.39, 0.29) is 5.91 Å². The third-order valence-electron chi connectivity index (χ3n) is 4.03. The lowest BCUT2D eigenvalue weighted by atomic mass is 9.91. The first-order valence-electron chi connectivity index (χ1n) is 7.79. The molecule has 1 N–H and O–H groups in total. The fourth-order valence-electron chi connectivity index (χ4n) is 2.87. The Balaban J connectivity index is 1.70. The number of benzene rings is 1. The maximum absolute atomic E-state index is 12.3. The zero-order valence-corrected chi connectivity index (χ0v) is 14.0. The SMILES string of the molecule is CN(C)CCCNC(=O)c1cc2c(s1)-c1ccccc1CC2. The van der Waals surface area contributed by atoms with Crippen LogP contribution in [0.1, 0.15) is 27.2 Å². The Bertz CT molecular complexity index is 675. The van der Waals surface area contributed by atoms with E-state index >= 15 is 0 Å². The van der Waals surface area contributed by atoms with E-state index in [9.17, 15) is 4.79 Å². The summed E-state index contributed by atoms with van der Waals surface area (Å²) >= 11 is 1.63. The van der Waals surface area contributed by atoms with Crippen molar-refractivity contribution in [1.29, 1.82) is 0 Å². The predicted octanol–water partition coefficient (Wildman–Crippen LogP) is 3.20. The minimum atomic E-state index is 0.0654. The average Bonchev–Trinajstić information content (AvgIpc) is 2.96. The average molecular weight is 314 g/mol. The predicted molar refractivity (Wildman–Crippen MR) is 92.7 cm³/mol. The molecule has 1 aliphatic rings. The van der Waals surface area contributed by atoms with Gasteiger partial charge in [-0.05, 0) is 62.7 Å². The summed E-state index contributed by atoms with van der Waals surface area (Å²) in [6.45, 7) is 1.73. The van der Waals surface area contributed by atoms with Crippen molar-refractivity contribution in [1.82, 2.24) is 10.2 Å². The van der Waals surface area contributed by atoms with Gasteiger partial charge in [0.2, 0.25) is 0 Å². The van der Waals surface area contributed by atoms with Gasteiger partial charge < -0.3 is 10.2 Å². The van der Waals surface area contributed by atoms with Crippen LogP contribution in [-0.2, 0) is 12.8 Å². The van der Waals surface area contributed by atoms with Crippen LogP contribution < -0.4 is 5.32 Å². The Morgan fingerprint density at radius 2 is 2.00 bits per heavy atom. The Morgan fingerprint density at radius 1 is 1.23 bits per heavy atom. The second-order valence-corrected chi connectivity index (χ2v) is 7.09. The maximum atomic E-state index is 12.3. The van der Waals surface area contributed by atoms with Gasteiger partial charge in [0.15, 0.2) is 0 Å². The molecule has 0 radical (unpaired) electrons. The van der Waals surface area contributed by atoms with E-state index in [0.29, 0.717) is 0 Å². The summed E-state index contributed by atoms with van der Waals surface area (Å²) in [5, 5.41) is 3.03. The van der Waals surface area contributed by atoms with Crippen LogP contribution >= 0.6 is 11.3 Å². The van der Waals surface area contributed by atoms with Crippen molar-refractivity contribution in [3.63, 3.8) is 0 Å². The van der Waals surface area contributed by atoms with E-state index in [1.54, 1.807) is 11.3 Å². The molecule has 0 atom stereocenters. The van der Waals surface area contributed by atoms with Crippen LogP contribution in [0.15, 0.2) is 30.3 Å². The smallest absolute Gasteiger partial charge is 0.261 e. The lowest BCUT2D eigenvalue weighted by Gasteiger charge is -2.15. The molecule has 22 heavy (non-hydrogen) atoms. The highest BCUT2D eigenvalue weighted by Gasteiger charge is 2.21. The van der Waals surface area contributed by atoms with Crippen LogP contribution in [0.4, 0.5) is 0 Å². The molecule has 3 rings (SSSR count). The second-order valence-electron chi connectivity index (χ2n) is 6.03. The number of amides is 1. The molecule has 1 aromatic heterocycles. The van der Waals surface area contributed by atoms with Gasteiger partial charge in [0.1, 0.15) is 0 Å². The molecule has 0 saturated heterocycles. The molecule has 4 heteroatoms. The molecule has 1 heterocycles. The van der Waals surface area contributed by atoms with E-state index in [0.717, 1.165) is 37.2 Å². The Labute approximate surface area is 136 Å². The molecule has 0 spiro atoms. The molecule has 0 bridgehead atoms. The molecule has 2 aromatic rings. The molecular formula is C18H22N2OS. The largest absolute Gasteiger partial charge is 0.351 e. The zero-order valence-electron chi connectivity index (χ0n) is 13.2. The molecule has 0 fully saturated rings. The van der Waals surface area contributed by atoms with Crippen molar-refractivity contribution in [2.75, 3.05) is 27.2 Å². The maximum Gasteiger partial charge on any atom is 0.261 e. The summed E-state index contributed by atoms with van der Waals surface area (Å²) in [5.74, 6) is 0.0654. The van der Waals surface area contributed by atoms with Gasteiger partial charge in [0.25, 0.3) is 5.91 Å². The number of thiophene rings is 1. The number of nitrogens with zero attached hydrogens (tertiary/aromatic N) is 1. The van der Waals surface area contributed by atoms with Gasteiger partial charge in [-0.25, -0.2) is 0 Å². The Hall–Kier alpha value is -1.65. The molecule has 1 aromatic carbocycles. The monoisotopic (exact) mass is 314 g/mol. The minimum Gasteiger partial charge on any atom is -0.351 e. The molecule has 3 nitrogen and oxygen atoms in total. The number of aryl methyl sites for hydroxylation is 2. The lowest BCUT2D eigenvalue weighted by molar-refractivity contribution is 0.0956. The topological polar surface area (TPSA) is 32.3 Å².